The first-order valence-electron chi connectivity index (χ1n) is 9.13. The number of rotatable bonds is 6. The van der Waals surface area contributed by atoms with Crippen LogP contribution < -0.4 is 10.1 Å². The predicted octanol–water partition coefficient (Wildman–Crippen LogP) is 2.85. The molecule has 6 nitrogen and oxygen atoms in total. The number of ether oxygens (including phenoxy) is 1. The SMILES string of the molecule is COc1ccc(-n2cccc2[C@@H]2[C@H](c3ccccn3)NC(=S)N2CCO)cc1. The van der Waals surface area contributed by atoms with Crippen LogP contribution in [0.5, 0.6) is 5.75 Å². The van der Waals surface area contributed by atoms with Crippen molar-refractivity contribution < 1.29 is 9.84 Å². The van der Waals surface area contributed by atoms with E-state index in [9.17, 15) is 5.11 Å². The Balaban J connectivity index is 1.77. The van der Waals surface area contributed by atoms with Gasteiger partial charge < -0.3 is 24.6 Å². The maximum Gasteiger partial charge on any atom is 0.170 e. The van der Waals surface area contributed by atoms with E-state index in [2.05, 4.69) is 20.9 Å². The average molecular weight is 395 g/mol. The van der Waals surface area contributed by atoms with E-state index in [0.717, 1.165) is 22.8 Å². The summed E-state index contributed by atoms with van der Waals surface area (Å²) in [7, 11) is 1.66. The number of nitrogens with one attached hydrogen (secondary N) is 1. The quantitative estimate of drug-likeness (QED) is 0.627. The number of aromatic nitrogens is 2. The second-order valence-corrected chi connectivity index (χ2v) is 6.93. The fraction of sp³-hybridized carbons (Fsp3) is 0.238. The minimum Gasteiger partial charge on any atom is -0.497 e. The summed E-state index contributed by atoms with van der Waals surface area (Å²) in [5.41, 5.74) is 3.02. The molecule has 1 aliphatic rings. The smallest absolute Gasteiger partial charge is 0.170 e. The van der Waals surface area contributed by atoms with Crippen molar-refractivity contribution in [3.05, 3.63) is 78.4 Å². The molecule has 0 unspecified atom stereocenters. The van der Waals surface area contributed by atoms with Crippen molar-refractivity contribution in [2.24, 2.45) is 0 Å². The van der Waals surface area contributed by atoms with Gasteiger partial charge in [0.05, 0.1) is 31.5 Å². The monoisotopic (exact) mass is 394 g/mol. The van der Waals surface area contributed by atoms with Crippen molar-refractivity contribution in [2.75, 3.05) is 20.3 Å². The Morgan fingerprint density at radius 2 is 1.96 bits per heavy atom. The van der Waals surface area contributed by atoms with Gasteiger partial charge in [0.1, 0.15) is 5.75 Å². The Hall–Kier alpha value is -2.90. The molecule has 0 amide bonds. The average Bonchev–Trinajstić information content (AvgIpc) is 3.34. The normalized spacial score (nSPS) is 18.9. The van der Waals surface area contributed by atoms with Crippen molar-refractivity contribution in [3.8, 4) is 11.4 Å². The lowest BCUT2D eigenvalue weighted by Crippen LogP contribution is -2.32. The van der Waals surface area contributed by atoms with Gasteiger partial charge in [0.25, 0.3) is 0 Å². The van der Waals surface area contributed by atoms with Crippen molar-refractivity contribution >= 4 is 17.3 Å². The molecule has 2 atom stereocenters. The highest BCUT2D eigenvalue weighted by molar-refractivity contribution is 7.80. The Bertz CT molecular complexity index is 943. The van der Waals surface area contributed by atoms with Gasteiger partial charge in [0, 0.05) is 30.3 Å². The van der Waals surface area contributed by atoms with Crippen LogP contribution >= 0.6 is 12.2 Å². The number of pyridine rings is 1. The van der Waals surface area contributed by atoms with Crippen LogP contribution in [0.3, 0.4) is 0 Å². The molecule has 2 aromatic heterocycles. The third-order valence-corrected chi connectivity index (χ3v) is 5.32. The van der Waals surface area contributed by atoms with Gasteiger partial charge in [0.15, 0.2) is 5.11 Å². The first kappa shape index (κ1) is 18.5. The largest absolute Gasteiger partial charge is 0.497 e. The number of hydrogen-bond acceptors (Lipinski definition) is 4. The van der Waals surface area contributed by atoms with Crippen LogP contribution in [-0.2, 0) is 0 Å². The number of methoxy groups -OCH3 is 1. The van der Waals surface area contributed by atoms with Gasteiger partial charge in [-0.25, -0.2) is 0 Å². The van der Waals surface area contributed by atoms with E-state index < -0.39 is 0 Å². The lowest BCUT2D eigenvalue weighted by Gasteiger charge is -2.28. The molecule has 0 saturated carbocycles. The Morgan fingerprint density at radius 3 is 2.64 bits per heavy atom. The molecule has 1 aliphatic heterocycles. The van der Waals surface area contributed by atoms with Crippen molar-refractivity contribution in [1.82, 2.24) is 19.8 Å². The lowest BCUT2D eigenvalue weighted by molar-refractivity contribution is 0.220. The molecule has 28 heavy (non-hydrogen) atoms. The van der Waals surface area contributed by atoms with E-state index in [4.69, 9.17) is 17.0 Å². The second-order valence-electron chi connectivity index (χ2n) is 6.54. The fourth-order valence-electron chi connectivity index (χ4n) is 3.69. The molecule has 144 valence electrons. The van der Waals surface area contributed by atoms with E-state index >= 15 is 0 Å². The predicted molar refractivity (Wildman–Crippen MR) is 112 cm³/mol. The molecule has 0 bridgehead atoms. The summed E-state index contributed by atoms with van der Waals surface area (Å²) in [4.78, 5) is 6.57. The van der Waals surface area contributed by atoms with Crippen molar-refractivity contribution in [2.45, 2.75) is 12.1 Å². The van der Waals surface area contributed by atoms with Crippen molar-refractivity contribution in [3.63, 3.8) is 0 Å². The molecule has 3 aromatic rings. The van der Waals surface area contributed by atoms with Crippen LogP contribution in [-0.4, -0.2) is 44.9 Å². The summed E-state index contributed by atoms with van der Waals surface area (Å²) in [6.45, 7) is 0.476. The van der Waals surface area contributed by atoms with Crippen LogP contribution in [0, 0.1) is 0 Å². The van der Waals surface area contributed by atoms with E-state index in [1.165, 1.54) is 0 Å². The molecule has 1 saturated heterocycles. The summed E-state index contributed by atoms with van der Waals surface area (Å²) in [6, 6.07) is 17.7. The zero-order valence-electron chi connectivity index (χ0n) is 15.5. The standard InChI is InChI=1S/C21H22N4O2S/c1-27-16-9-7-15(8-10-16)24-12-4-6-18(24)20-19(17-5-2-3-11-22-17)23-21(28)25(20)13-14-26/h2-12,19-20,26H,13-14H2,1H3,(H,23,28)/t19-,20+/m0/s1. The Morgan fingerprint density at radius 1 is 1.14 bits per heavy atom. The third-order valence-electron chi connectivity index (χ3n) is 4.97. The van der Waals surface area contributed by atoms with Crippen LogP contribution in [0.4, 0.5) is 0 Å². The summed E-state index contributed by atoms with van der Waals surface area (Å²) < 4.78 is 7.41. The minimum atomic E-state index is -0.104. The van der Waals surface area contributed by atoms with E-state index in [0.29, 0.717) is 11.7 Å². The van der Waals surface area contributed by atoms with Gasteiger partial charge in [-0.15, -0.1) is 0 Å². The van der Waals surface area contributed by atoms with Gasteiger partial charge in [-0.05, 0) is 60.7 Å². The number of aliphatic hydroxyl groups is 1. The van der Waals surface area contributed by atoms with Crippen LogP contribution in [0.15, 0.2) is 67.0 Å². The van der Waals surface area contributed by atoms with Crippen LogP contribution in [0.2, 0.25) is 0 Å². The van der Waals surface area contributed by atoms with Gasteiger partial charge in [-0.1, -0.05) is 6.07 Å². The molecule has 3 heterocycles. The molecule has 1 fully saturated rings. The fourth-order valence-corrected chi connectivity index (χ4v) is 4.02. The van der Waals surface area contributed by atoms with E-state index in [-0.39, 0.29) is 18.7 Å². The molecule has 4 rings (SSSR count). The maximum absolute atomic E-state index is 9.60. The molecular weight excluding hydrogens is 372 g/mol. The van der Waals surface area contributed by atoms with Gasteiger partial charge in [-0.3, -0.25) is 4.98 Å². The Labute approximate surface area is 169 Å². The second kappa shape index (κ2) is 8.00. The minimum absolute atomic E-state index is 0.0243. The highest BCUT2D eigenvalue weighted by Crippen LogP contribution is 2.39. The third kappa shape index (κ3) is 3.34. The molecular formula is C21H22N4O2S. The zero-order valence-corrected chi connectivity index (χ0v) is 16.3. The van der Waals surface area contributed by atoms with E-state index in [1.54, 1.807) is 13.3 Å². The highest BCUT2D eigenvalue weighted by atomic mass is 32.1. The molecule has 2 N–H and O–H groups in total. The number of nitrogens with zero attached hydrogens (tertiary/aromatic N) is 3. The first-order valence-corrected chi connectivity index (χ1v) is 9.54. The molecule has 0 aliphatic carbocycles. The number of aliphatic hydroxyl groups excluding tert-OH is 1. The number of benzene rings is 1. The zero-order chi connectivity index (χ0) is 19.5. The van der Waals surface area contributed by atoms with Gasteiger partial charge >= 0.3 is 0 Å². The summed E-state index contributed by atoms with van der Waals surface area (Å²) in [6.07, 6.45) is 3.82. The van der Waals surface area contributed by atoms with Gasteiger partial charge in [-0.2, -0.15) is 0 Å². The number of hydrogen-bond donors (Lipinski definition) is 2. The lowest BCUT2D eigenvalue weighted by atomic mass is 10.0. The summed E-state index contributed by atoms with van der Waals surface area (Å²) in [5, 5.41) is 13.6. The molecule has 1 aromatic carbocycles. The molecule has 7 heteroatoms. The van der Waals surface area contributed by atoms with Crippen LogP contribution in [0.1, 0.15) is 23.5 Å². The molecule has 0 spiro atoms. The maximum atomic E-state index is 9.60. The molecule has 0 radical (unpaired) electrons. The summed E-state index contributed by atoms with van der Waals surface area (Å²) in [5.74, 6) is 0.814. The first-order chi connectivity index (χ1) is 13.7. The van der Waals surface area contributed by atoms with E-state index in [1.807, 2.05) is 59.6 Å². The van der Waals surface area contributed by atoms with Gasteiger partial charge in [0.2, 0.25) is 0 Å². The summed E-state index contributed by atoms with van der Waals surface area (Å²) >= 11 is 5.58. The number of β-amino-alcohol motifs (C(OH)–C–C–N with tert-alkyl or cyclic N) is 1. The van der Waals surface area contributed by atoms with Crippen LogP contribution in [0.25, 0.3) is 5.69 Å². The Kier molecular flexibility index (Phi) is 5.27. The number of thiocarbonyl (C=S) groups is 1. The van der Waals surface area contributed by atoms with Crippen molar-refractivity contribution in [1.29, 1.82) is 0 Å². The highest BCUT2D eigenvalue weighted by Gasteiger charge is 2.40. The topological polar surface area (TPSA) is 62.5 Å².